The van der Waals surface area contributed by atoms with Crippen molar-refractivity contribution in [3.05, 3.63) is 55.1 Å². The van der Waals surface area contributed by atoms with Crippen molar-refractivity contribution in [2.75, 3.05) is 20.2 Å². The van der Waals surface area contributed by atoms with E-state index in [0.717, 1.165) is 15.7 Å². The van der Waals surface area contributed by atoms with Crippen molar-refractivity contribution in [1.82, 2.24) is 9.21 Å². The molecule has 1 unspecified atom stereocenters. The van der Waals surface area contributed by atoms with E-state index in [0.29, 0.717) is 32.1 Å². The number of fused-ring (bicyclic) bond motifs is 1. The van der Waals surface area contributed by atoms with Gasteiger partial charge in [0.05, 0.1) is 23.9 Å². The van der Waals surface area contributed by atoms with Crippen LogP contribution in [0.25, 0.3) is 10.8 Å². The highest BCUT2D eigenvalue weighted by molar-refractivity contribution is 7.89. The zero-order chi connectivity index (χ0) is 25.6. The van der Waals surface area contributed by atoms with Gasteiger partial charge < -0.3 is 10.5 Å². The SMILES string of the molecule is C=CCN(C[C@@H]1CC(CCCCC(=N)N)C(=O)N1C(=O)OC)S(=O)(=O)c1ccc2ccccc2c1. The minimum absolute atomic E-state index is 0.0259. The molecule has 0 radical (unpaired) electrons. The molecule has 2 aromatic rings. The maximum Gasteiger partial charge on any atom is 0.416 e. The number of nitrogens with two attached hydrogens (primary N) is 1. The number of carbonyl (C=O) groups excluding carboxylic acids is 2. The van der Waals surface area contributed by atoms with Gasteiger partial charge in [0, 0.05) is 25.4 Å². The van der Waals surface area contributed by atoms with Crippen LogP contribution in [0.4, 0.5) is 4.79 Å². The number of carbonyl (C=O) groups is 2. The zero-order valence-corrected chi connectivity index (χ0v) is 20.7. The monoisotopic (exact) mass is 500 g/mol. The predicted molar refractivity (Wildman–Crippen MR) is 134 cm³/mol. The lowest BCUT2D eigenvalue weighted by molar-refractivity contribution is -0.130. The van der Waals surface area contributed by atoms with Gasteiger partial charge in [-0.3, -0.25) is 10.2 Å². The Morgan fingerprint density at radius 1 is 1.26 bits per heavy atom. The molecule has 0 saturated carbocycles. The zero-order valence-electron chi connectivity index (χ0n) is 19.9. The third-order valence-corrected chi connectivity index (χ3v) is 8.06. The molecule has 1 aliphatic rings. The first-order valence-corrected chi connectivity index (χ1v) is 13.0. The third-order valence-electron chi connectivity index (χ3n) is 6.23. The van der Waals surface area contributed by atoms with Crippen LogP contribution in [0.15, 0.2) is 60.0 Å². The van der Waals surface area contributed by atoms with Crippen molar-refractivity contribution in [3.63, 3.8) is 0 Å². The second-order valence-electron chi connectivity index (χ2n) is 8.66. The molecule has 9 nitrogen and oxygen atoms in total. The van der Waals surface area contributed by atoms with Gasteiger partial charge in [-0.15, -0.1) is 6.58 Å². The first kappa shape index (κ1) is 26.4. The predicted octanol–water partition coefficient (Wildman–Crippen LogP) is 3.50. The Hall–Kier alpha value is -3.24. The van der Waals surface area contributed by atoms with Crippen LogP contribution < -0.4 is 5.73 Å². The maximum atomic E-state index is 13.6. The van der Waals surface area contributed by atoms with E-state index in [1.165, 1.54) is 17.5 Å². The second kappa shape index (κ2) is 11.5. The second-order valence-corrected chi connectivity index (χ2v) is 10.6. The van der Waals surface area contributed by atoms with Crippen molar-refractivity contribution in [3.8, 4) is 0 Å². The highest BCUT2D eigenvalue weighted by Gasteiger charge is 2.45. The van der Waals surface area contributed by atoms with E-state index >= 15 is 0 Å². The number of hydrogen-bond acceptors (Lipinski definition) is 6. The van der Waals surface area contributed by atoms with Gasteiger partial charge in [0.15, 0.2) is 0 Å². The number of unbranched alkanes of at least 4 members (excludes halogenated alkanes) is 1. The number of methoxy groups -OCH3 is 1. The summed E-state index contributed by atoms with van der Waals surface area (Å²) in [5.41, 5.74) is 5.39. The van der Waals surface area contributed by atoms with Gasteiger partial charge in [0.1, 0.15) is 0 Å². The molecule has 35 heavy (non-hydrogen) atoms. The van der Waals surface area contributed by atoms with Crippen molar-refractivity contribution in [2.24, 2.45) is 11.7 Å². The average molecular weight is 501 g/mol. The molecular weight excluding hydrogens is 468 g/mol. The summed E-state index contributed by atoms with van der Waals surface area (Å²) in [6, 6.07) is 11.7. The summed E-state index contributed by atoms with van der Waals surface area (Å²) in [7, 11) is -2.73. The highest BCUT2D eigenvalue weighted by Crippen LogP contribution is 2.31. The van der Waals surface area contributed by atoms with E-state index < -0.39 is 28.1 Å². The first-order chi connectivity index (χ1) is 16.7. The fourth-order valence-electron chi connectivity index (χ4n) is 4.48. The highest BCUT2D eigenvalue weighted by atomic mass is 32.2. The molecule has 2 amide bonds. The number of rotatable bonds is 11. The van der Waals surface area contributed by atoms with Crippen molar-refractivity contribution in [1.29, 1.82) is 5.41 Å². The Bertz CT molecular complexity index is 1210. The van der Waals surface area contributed by atoms with E-state index in [-0.39, 0.29) is 29.7 Å². The molecular formula is C25H32N4O5S. The Kier molecular flexibility index (Phi) is 8.63. The molecule has 3 N–H and O–H groups in total. The van der Waals surface area contributed by atoms with E-state index in [1.54, 1.807) is 18.2 Å². The van der Waals surface area contributed by atoms with Crippen molar-refractivity contribution in [2.45, 2.75) is 43.0 Å². The molecule has 2 aromatic carbocycles. The minimum Gasteiger partial charge on any atom is -0.452 e. The summed E-state index contributed by atoms with van der Waals surface area (Å²) in [4.78, 5) is 26.7. The number of likely N-dealkylation sites (tertiary alicyclic amines) is 1. The van der Waals surface area contributed by atoms with Gasteiger partial charge in [-0.1, -0.05) is 42.8 Å². The van der Waals surface area contributed by atoms with Crippen LogP contribution in [-0.4, -0.2) is 61.7 Å². The standard InChI is InChI=1S/C25H32N4O5S/c1-3-14-28(35(32,33)22-13-12-18-8-4-5-9-19(18)16-22)17-21-15-20(10-6-7-11-23(26)27)24(30)29(21)25(31)34-2/h3-5,8-9,12-13,16,20-21H,1,6-7,10-11,14-15,17H2,2H3,(H3,26,27)/t20?,21-/m0/s1. The quantitative estimate of drug-likeness (QED) is 0.210. The molecule has 0 aromatic heterocycles. The number of nitrogens with one attached hydrogen (secondary N) is 1. The van der Waals surface area contributed by atoms with E-state index in [4.69, 9.17) is 15.9 Å². The molecule has 2 atom stereocenters. The van der Waals surface area contributed by atoms with Crippen LogP contribution in [0.1, 0.15) is 32.1 Å². The van der Waals surface area contributed by atoms with E-state index in [1.807, 2.05) is 24.3 Å². The molecule has 1 heterocycles. The fourth-order valence-corrected chi connectivity index (χ4v) is 5.96. The largest absolute Gasteiger partial charge is 0.452 e. The van der Waals surface area contributed by atoms with Crippen LogP contribution in [0.3, 0.4) is 0 Å². The lowest BCUT2D eigenvalue weighted by Crippen LogP contribution is -2.46. The van der Waals surface area contributed by atoms with Gasteiger partial charge >= 0.3 is 6.09 Å². The first-order valence-electron chi connectivity index (χ1n) is 11.5. The molecule has 0 aliphatic carbocycles. The lowest BCUT2D eigenvalue weighted by Gasteiger charge is -2.28. The summed E-state index contributed by atoms with van der Waals surface area (Å²) < 4.78 is 33.2. The summed E-state index contributed by atoms with van der Waals surface area (Å²) in [6.07, 6.45) is 3.32. The Labute approximate surface area is 206 Å². The summed E-state index contributed by atoms with van der Waals surface area (Å²) >= 11 is 0. The van der Waals surface area contributed by atoms with Gasteiger partial charge in [-0.25, -0.2) is 18.1 Å². The van der Waals surface area contributed by atoms with Gasteiger partial charge in [0.2, 0.25) is 15.9 Å². The number of amides is 2. The summed E-state index contributed by atoms with van der Waals surface area (Å²) in [5, 5.41) is 9.05. The normalized spacial score (nSPS) is 18.2. The van der Waals surface area contributed by atoms with Gasteiger partial charge in [-0.2, -0.15) is 4.31 Å². The minimum atomic E-state index is -3.93. The number of benzene rings is 2. The van der Waals surface area contributed by atoms with Crippen LogP contribution in [0.5, 0.6) is 0 Å². The number of ether oxygens (including phenoxy) is 1. The van der Waals surface area contributed by atoms with E-state index in [9.17, 15) is 18.0 Å². The van der Waals surface area contributed by atoms with Crippen LogP contribution in [0.2, 0.25) is 0 Å². The molecule has 1 saturated heterocycles. The number of imide groups is 1. The Balaban J connectivity index is 1.84. The van der Waals surface area contributed by atoms with Gasteiger partial charge in [0.25, 0.3) is 0 Å². The van der Waals surface area contributed by atoms with Crippen LogP contribution in [-0.2, 0) is 19.6 Å². The molecule has 1 fully saturated rings. The number of sulfonamides is 1. The van der Waals surface area contributed by atoms with Crippen molar-refractivity contribution >= 4 is 38.6 Å². The summed E-state index contributed by atoms with van der Waals surface area (Å²) in [6.45, 7) is 3.65. The van der Waals surface area contributed by atoms with E-state index in [2.05, 4.69) is 6.58 Å². The third kappa shape index (κ3) is 6.07. The fraction of sp³-hybridized carbons (Fsp3) is 0.400. The maximum absolute atomic E-state index is 13.6. The number of amidine groups is 1. The molecule has 10 heteroatoms. The lowest BCUT2D eigenvalue weighted by atomic mass is 9.97. The molecule has 188 valence electrons. The molecule has 1 aliphatic heterocycles. The number of nitrogens with zero attached hydrogens (tertiary/aromatic N) is 2. The molecule has 0 spiro atoms. The van der Waals surface area contributed by atoms with Crippen molar-refractivity contribution < 1.29 is 22.7 Å². The summed E-state index contributed by atoms with van der Waals surface area (Å²) in [5.74, 6) is -0.706. The Morgan fingerprint density at radius 2 is 1.97 bits per heavy atom. The Morgan fingerprint density at radius 3 is 2.63 bits per heavy atom. The van der Waals surface area contributed by atoms with Crippen LogP contribution in [0, 0.1) is 11.3 Å². The number of hydrogen-bond donors (Lipinski definition) is 2. The van der Waals surface area contributed by atoms with Crippen LogP contribution >= 0.6 is 0 Å². The average Bonchev–Trinajstić information content (AvgIpc) is 3.15. The molecule has 3 rings (SSSR count). The molecule has 0 bridgehead atoms. The van der Waals surface area contributed by atoms with Gasteiger partial charge in [-0.05, 0) is 42.2 Å². The topological polar surface area (TPSA) is 134 Å². The smallest absolute Gasteiger partial charge is 0.416 e.